The fourth-order valence-electron chi connectivity index (χ4n) is 1.97. The van der Waals surface area contributed by atoms with Crippen LogP contribution in [0.3, 0.4) is 0 Å². The van der Waals surface area contributed by atoms with Crippen molar-refractivity contribution in [3.8, 4) is 0 Å². The number of rotatable bonds is 3. The van der Waals surface area contributed by atoms with Gasteiger partial charge in [-0.2, -0.15) is 0 Å². The standard InChI is InChI=1S/C10H20N2O2/c1-2-9(11-3-1)6-12-10-7-13-4-5-14-8-10/h9-12H,1-8H2. The SMILES string of the molecule is C1CNC(CNC2COCCOC2)C1. The summed E-state index contributed by atoms with van der Waals surface area (Å²) in [5, 5.41) is 6.96. The monoisotopic (exact) mass is 200 g/mol. The summed E-state index contributed by atoms with van der Waals surface area (Å²) >= 11 is 0. The van der Waals surface area contributed by atoms with Crippen LogP contribution in [0.15, 0.2) is 0 Å². The summed E-state index contributed by atoms with van der Waals surface area (Å²) in [4.78, 5) is 0. The van der Waals surface area contributed by atoms with Crippen LogP contribution in [0.25, 0.3) is 0 Å². The van der Waals surface area contributed by atoms with Crippen molar-refractivity contribution >= 4 is 0 Å². The third-order valence-electron chi connectivity index (χ3n) is 2.83. The molecule has 0 aliphatic carbocycles. The minimum Gasteiger partial charge on any atom is -0.377 e. The van der Waals surface area contributed by atoms with Crippen LogP contribution in [-0.4, -0.2) is 51.6 Å². The van der Waals surface area contributed by atoms with Crippen LogP contribution in [-0.2, 0) is 9.47 Å². The van der Waals surface area contributed by atoms with E-state index in [2.05, 4.69) is 10.6 Å². The van der Waals surface area contributed by atoms with Crippen LogP contribution < -0.4 is 10.6 Å². The predicted molar refractivity (Wildman–Crippen MR) is 54.5 cm³/mol. The molecule has 2 aliphatic heterocycles. The molecule has 0 aromatic carbocycles. The minimum atomic E-state index is 0.375. The Hall–Kier alpha value is -0.160. The normalized spacial score (nSPS) is 30.4. The molecule has 2 fully saturated rings. The highest BCUT2D eigenvalue weighted by molar-refractivity contribution is 4.78. The van der Waals surface area contributed by atoms with Gasteiger partial charge in [0.25, 0.3) is 0 Å². The molecule has 2 N–H and O–H groups in total. The highest BCUT2D eigenvalue weighted by atomic mass is 16.5. The van der Waals surface area contributed by atoms with Gasteiger partial charge in [-0.3, -0.25) is 0 Å². The van der Waals surface area contributed by atoms with E-state index in [0.717, 1.165) is 33.0 Å². The molecule has 0 bridgehead atoms. The van der Waals surface area contributed by atoms with E-state index in [0.29, 0.717) is 12.1 Å². The summed E-state index contributed by atoms with van der Waals surface area (Å²) in [5.41, 5.74) is 0. The highest BCUT2D eigenvalue weighted by Crippen LogP contribution is 2.04. The predicted octanol–water partition coefficient (Wildman–Crippen LogP) is -0.257. The topological polar surface area (TPSA) is 42.5 Å². The average molecular weight is 200 g/mol. The van der Waals surface area contributed by atoms with Gasteiger partial charge in [-0.25, -0.2) is 0 Å². The van der Waals surface area contributed by atoms with Gasteiger partial charge in [-0.05, 0) is 19.4 Å². The van der Waals surface area contributed by atoms with Gasteiger partial charge >= 0.3 is 0 Å². The summed E-state index contributed by atoms with van der Waals surface area (Å²) in [6.07, 6.45) is 2.60. The second kappa shape index (κ2) is 5.66. The first kappa shape index (κ1) is 10.4. The fraction of sp³-hybridized carbons (Fsp3) is 1.00. The Bertz CT molecular complexity index is 152. The van der Waals surface area contributed by atoms with Crippen molar-refractivity contribution in [2.24, 2.45) is 0 Å². The molecule has 82 valence electrons. The largest absolute Gasteiger partial charge is 0.377 e. The molecular weight excluding hydrogens is 180 g/mol. The maximum Gasteiger partial charge on any atom is 0.0701 e. The van der Waals surface area contributed by atoms with Crippen LogP contribution in [0, 0.1) is 0 Å². The van der Waals surface area contributed by atoms with Crippen LogP contribution in [0.4, 0.5) is 0 Å². The molecule has 14 heavy (non-hydrogen) atoms. The van der Waals surface area contributed by atoms with E-state index in [1.165, 1.54) is 19.4 Å². The Morgan fingerprint density at radius 1 is 1.21 bits per heavy atom. The molecule has 2 saturated heterocycles. The average Bonchev–Trinajstić information content (AvgIpc) is 2.58. The number of nitrogens with one attached hydrogen (secondary N) is 2. The summed E-state index contributed by atoms with van der Waals surface area (Å²) in [7, 11) is 0. The van der Waals surface area contributed by atoms with E-state index in [4.69, 9.17) is 9.47 Å². The van der Waals surface area contributed by atoms with Crippen LogP contribution in [0.5, 0.6) is 0 Å². The Labute approximate surface area is 85.3 Å². The van der Waals surface area contributed by atoms with Crippen molar-refractivity contribution in [3.05, 3.63) is 0 Å². The second-order valence-electron chi connectivity index (χ2n) is 4.05. The first-order valence-corrected chi connectivity index (χ1v) is 5.57. The zero-order chi connectivity index (χ0) is 9.64. The zero-order valence-corrected chi connectivity index (χ0v) is 8.63. The van der Waals surface area contributed by atoms with Gasteiger partial charge in [-0.1, -0.05) is 0 Å². The summed E-state index contributed by atoms with van der Waals surface area (Å²) < 4.78 is 10.8. The summed E-state index contributed by atoms with van der Waals surface area (Å²) in [6.45, 7) is 5.25. The minimum absolute atomic E-state index is 0.375. The molecule has 0 saturated carbocycles. The first-order valence-electron chi connectivity index (χ1n) is 5.57. The molecule has 1 unspecified atom stereocenters. The second-order valence-corrected chi connectivity index (χ2v) is 4.05. The van der Waals surface area contributed by atoms with Gasteiger partial charge < -0.3 is 20.1 Å². The van der Waals surface area contributed by atoms with Gasteiger partial charge in [0, 0.05) is 12.6 Å². The highest BCUT2D eigenvalue weighted by Gasteiger charge is 2.17. The molecule has 2 rings (SSSR count). The lowest BCUT2D eigenvalue weighted by Gasteiger charge is -2.18. The van der Waals surface area contributed by atoms with Gasteiger partial charge in [0.15, 0.2) is 0 Å². The Balaban J connectivity index is 1.62. The molecule has 0 spiro atoms. The smallest absolute Gasteiger partial charge is 0.0701 e. The lowest BCUT2D eigenvalue weighted by atomic mass is 10.2. The van der Waals surface area contributed by atoms with Crippen molar-refractivity contribution in [2.45, 2.75) is 24.9 Å². The van der Waals surface area contributed by atoms with Crippen LogP contribution in [0.1, 0.15) is 12.8 Å². The van der Waals surface area contributed by atoms with Crippen molar-refractivity contribution < 1.29 is 9.47 Å². The number of hydrogen-bond acceptors (Lipinski definition) is 4. The van der Waals surface area contributed by atoms with Crippen molar-refractivity contribution in [2.75, 3.05) is 39.5 Å². The zero-order valence-electron chi connectivity index (χ0n) is 8.63. The van der Waals surface area contributed by atoms with E-state index in [-0.39, 0.29) is 0 Å². The molecule has 4 heteroatoms. The Morgan fingerprint density at radius 2 is 2.00 bits per heavy atom. The Kier molecular flexibility index (Phi) is 4.19. The number of hydrogen-bond donors (Lipinski definition) is 2. The van der Waals surface area contributed by atoms with E-state index in [1.54, 1.807) is 0 Å². The van der Waals surface area contributed by atoms with E-state index >= 15 is 0 Å². The molecule has 0 aromatic heterocycles. The van der Waals surface area contributed by atoms with E-state index < -0.39 is 0 Å². The molecule has 0 amide bonds. The molecule has 0 radical (unpaired) electrons. The summed E-state index contributed by atoms with van der Waals surface area (Å²) in [6, 6.07) is 1.03. The first-order chi connectivity index (χ1) is 6.95. The molecular formula is C10H20N2O2. The van der Waals surface area contributed by atoms with Crippen molar-refractivity contribution in [1.29, 1.82) is 0 Å². The van der Waals surface area contributed by atoms with E-state index in [1.807, 2.05) is 0 Å². The molecule has 2 heterocycles. The van der Waals surface area contributed by atoms with Gasteiger partial charge in [0.1, 0.15) is 0 Å². The third kappa shape index (κ3) is 3.20. The van der Waals surface area contributed by atoms with Gasteiger partial charge in [-0.15, -0.1) is 0 Å². The van der Waals surface area contributed by atoms with Crippen LogP contribution >= 0.6 is 0 Å². The van der Waals surface area contributed by atoms with Crippen molar-refractivity contribution in [3.63, 3.8) is 0 Å². The number of ether oxygens (including phenoxy) is 2. The van der Waals surface area contributed by atoms with E-state index in [9.17, 15) is 0 Å². The maximum atomic E-state index is 5.41. The quantitative estimate of drug-likeness (QED) is 0.659. The molecule has 4 nitrogen and oxygen atoms in total. The van der Waals surface area contributed by atoms with Crippen molar-refractivity contribution in [1.82, 2.24) is 10.6 Å². The maximum absolute atomic E-state index is 5.41. The fourth-order valence-corrected chi connectivity index (χ4v) is 1.97. The molecule has 1 atom stereocenters. The molecule has 2 aliphatic rings. The lowest BCUT2D eigenvalue weighted by molar-refractivity contribution is 0.103. The van der Waals surface area contributed by atoms with Gasteiger partial charge in [0.2, 0.25) is 0 Å². The third-order valence-corrected chi connectivity index (χ3v) is 2.83. The summed E-state index contributed by atoms with van der Waals surface area (Å²) in [5.74, 6) is 0. The molecule has 0 aromatic rings. The Morgan fingerprint density at radius 3 is 2.64 bits per heavy atom. The van der Waals surface area contributed by atoms with Crippen LogP contribution in [0.2, 0.25) is 0 Å². The van der Waals surface area contributed by atoms with Gasteiger partial charge in [0.05, 0.1) is 32.5 Å². The lowest BCUT2D eigenvalue weighted by Crippen LogP contribution is -2.43.